The van der Waals surface area contributed by atoms with Crippen LogP contribution in [0, 0.1) is 0 Å². The van der Waals surface area contributed by atoms with E-state index in [0.29, 0.717) is 26.2 Å². The lowest BCUT2D eigenvalue weighted by molar-refractivity contribution is -0.117. The van der Waals surface area contributed by atoms with Gasteiger partial charge in [-0.25, -0.2) is 13.4 Å². The minimum atomic E-state index is -3.63. The van der Waals surface area contributed by atoms with Crippen molar-refractivity contribution in [3.8, 4) is 0 Å². The number of carbonyl (C=O) groups excluding carboxylic acids is 1. The van der Waals surface area contributed by atoms with Crippen LogP contribution in [0.15, 0.2) is 35.9 Å². The van der Waals surface area contributed by atoms with Crippen LogP contribution in [-0.2, 0) is 19.6 Å². The van der Waals surface area contributed by atoms with Gasteiger partial charge in [-0.1, -0.05) is 6.58 Å². The number of hydrogen-bond acceptors (Lipinski definition) is 6. The molecule has 9 heteroatoms. The van der Waals surface area contributed by atoms with Gasteiger partial charge in [0.25, 0.3) is 0 Å². The third kappa shape index (κ3) is 4.22. The van der Waals surface area contributed by atoms with Crippen LogP contribution in [0.2, 0.25) is 0 Å². The number of pyridine rings is 1. The minimum absolute atomic E-state index is 0.171. The van der Waals surface area contributed by atoms with Gasteiger partial charge in [0, 0.05) is 38.4 Å². The van der Waals surface area contributed by atoms with Crippen molar-refractivity contribution in [1.29, 1.82) is 0 Å². The Morgan fingerprint density at radius 3 is 2.73 bits per heavy atom. The Morgan fingerprint density at radius 2 is 2.08 bits per heavy atom. The molecule has 0 bridgehead atoms. The second-order valence-corrected chi connectivity index (χ2v) is 8.30. The van der Waals surface area contributed by atoms with Crippen LogP contribution < -0.4 is 10.2 Å². The lowest BCUT2D eigenvalue weighted by Crippen LogP contribution is -2.49. The molecule has 1 amide bonds. The molecule has 2 aliphatic rings. The lowest BCUT2D eigenvalue weighted by Gasteiger charge is -2.32. The van der Waals surface area contributed by atoms with Gasteiger partial charge in [0.2, 0.25) is 15.9 Å². The number of sulfonamides is 1. The molecule has 2 aliphatic heterocycles. The van der Waals surface area contributed by atoms with Crippen LogP contribution in [-0.4, -0.2) is 69.0 Å². The smallest absolute Gasteiger partial charge is 0.244 e. The molecule has 0 radical (unpaired) electrons. The zero-order chi connectivity index (χ0) is 18.6. The molecule has 1 atom stereocenters. The van der Waals surface area contributed by atoms with Crippen molar-refractivity contribution in [2.75, 3.05) is 44.3 Å². The fraction of sp³-hybridized carbons (Fsp3) is 0.529. The minimum Gasteiger partial charge on any atom is -0.378 e. The number of nitrogens with zero attached hydrogens (tertiary/aromatic N) is 3. The summed E-state index contributed by atoms with van der Waals surface area (Å²) >= 11 is 0. The highest BCUT2D eigenvalue weighted by molar-refractivity contribution is 7.89. The number of nitrogens with one attached hydrogen (secondary N) is 1. The Hall–Kier alpha value is -1.97. The summed E-state index contributed by atoms with van der Waals surface area (Å²) in [6.07, 6.45) is 4.05. The molecular formula is C17H24N4O4S. The van der Waals surface area contributed by atoms with Crippen LogP contribution in [0.5, 0.6) is 0 Å². The van der Waals surface area contributed by atoms with Gasteiger partial charge in [-0.05, 0) is 31.1 Å². The Balaban J connectivity index is 1.70. The number of hydrogen-bond donors (Lipinski definition) is 1. The number of amides is 1. The highest BCUT2D eigenvalue weighted by Gasteiger charge is 2.31. The Morgan fingerprint density at radius 1 is 1.31 bits per heavy atom. The summed E-state index contributed by atoms with van der Waals surface area (Å²) in [7, 11) is -3.63. The zero-order valence-electron chi connectivity index (χ0n) is 14.6. The van der Waals surface area contributed by atoms with Gasteiger partial charge in [-0.2, -0.15) is 4.31 Å². The van der Waals surface area contributed by atoms with E-state index in [1.807, 2.05) is 0 Å². The average Bonchev–Trinajstić information content (AvgIpc) is 2.69. The first kappa shape index (κ1) is 18.8. The second-order valence-electron chi connectivity index (χ2n) is 6.37. The molecule has 3 rings (SSSR count). The summed E-state index contributed by atoms with van der Waals surface area (Å²) in [5.74, 6) is 0.466. The summed E-state index contributed by atoms with van der Waals surface area (Å²) in [6.45, 7) is 6.90. The fourth-order valence-corrected chi connectivity index (χ4v) is 4.66. The first-order chi connectivity index (χ1) is 12.5. The number of morpholine rings is 1. The zero-order valence-corrected chi connectivity index (χ0v) is 15.5. The molecule has 142 valence electrons. The molecule has 0 unspecified atom stereocenters. The van der Waals surface area contributed by atoms with E-state index < -0.39 is 10.0 Å². The summed E-state index contributed by atoms with van der Waals surface area (Å²) in [4.78, 5) is 18.0. The van der Waals surface area contributed by atoms with Crippen LogP contribution in [0.25, 0.3) is 0 Å². The van der Waals surface area contributed by atoms with E-state index in [2.05, 4.69) is 21.8 Å². The van der Waals surface area contributed by atoms with Gasteiger partial charge < -0.3 is 15.0 Å². The van der Waals surface area contributed by atoms with Gasteiger partial charge in [-0.3, -0.25) is 4.79 Å². The van der Waals surface area contributed by atoms with Crippen molar-refractivity contribution in [2.45, 2.75) is 23.8 Å². The highest BCUT2D eigenvalue weighted by atomic mass is 32.2. The topological polar surface area (TPSA) is 91.8 Å². The van der Waals surface area contributed by atoms with Crippen molar-refractivity contribution in [2.24, 2.45) is 0 Å². The lowest BCUT2D eigenvalue weighted by atomic mass is 10.1. The van der Waals surface area contributed by atoms with E-state index in [-0.39, 0.29) is 23.4 Å². The number of rotatable bonds is 5. The van der Waals surface area contributed by atoms with Crippen LogP contribution in [0.1, 0.15) is 12.8 Å². The van der Waals surface area contributed by atoms with E-state index in [9.17, 15) is 13.2 Å². The quantitative estimate of drug-likeness (QED) is 0.743. The van der Waals surface area contributed by atoms with E-state index in [0.717, 1.165) is 25.3 Å². The first-order valence-electron chi connectivity index (χ1n) is 8.72. The standard InChI is InChI=1S/C17H24N4O4S/c1-2-17(22)19-14-4-3-7-21(13-14)26(23,24)15-5-6-16(18-12-15)20-8-10-25-11-9-20/h2,5-6,12,14H,1,3-4,7-11,13H2,(H,19,22)/t14-/m0/s1. The summed E-state index contributed by atoms with van der Waals surface area (Å²) in [6, 6.07) is 3.13. The van der Waals surface area contributed by atoms with E-state index >= 15 is 0 Å². The van der Waals surface area contributed by atoms with Crippen LogP contribution in [0.4, 0.5) is 5.82 Å². The summed E-state index contributed by atoms with van der Waals surface area (Å²) < 4.78 is 32.5. The van der Waals surface area contributed by atoms with Gasteiger partial charge in [0.15, 0.2) is 0 Å². The van der Waals surface area contributed by atoms with Gasteiger partial charge in [-0.15, -0.1) is 0 Å². The van der Waals surface area contributed by atoms with Crippen LogP contribution in [0.3, 0.4) is 0 Å². The fourth-order valence-electron chi connectivity index (χ4n) is 3.19. The molecule has 3 heterocycles. The van der Waals surface area contributed by atoms with Crippen molar-refractivity contribution >= 4 is 21.7 Å². The van der Waals surface area contributed by atoms with Gasteiger partial charge in [0.1, 0.15) is 10.7 Å². The number of aromatic nitrogens is 1. The maximum atomic E-state index is 12.9. The normalized spacial score (nSPS) is 22.0. The van der Waals surface area contributed by atoms with E-state index in [1.54, 1.807) is 12.1 Å². The maximum Gasteiger partial charge on any atom is 0.244 e. The Bertz CT molecular complexity index is 745. The van der Waals surface area contributed by atoms with Crippen molar-refractivity contribution < 1.29 is 17.9 Å². The van der Waals surface area contributed by atoms with Crippen molar-refractivity contribution in [3.05, 3.63) is 31.0 Å². The maximum absolute atomic E-state index is 12.9. The molecule has 1 aromatic rings. The Labute approximate surface area is 153 Å². The number of ether oxygens (including phenoxy) is 1. The largest absolute Gasteiger partial charge is 0.378 e. The summed E-state index contributed by atoms with van der Waals surface area (Å²) in [5.41, 5.74) is 0. The van der Waals surface area contributed by atoms with Gasteiger partial charge in [0.05, 0.1) is 13.2 Å². The van der Waals surface area contributed by atoms with Crippen molar-refractivity contribution in [1.82, 2.24) is 14.6 Å². The van der Waals surface area contributed by atoms with Crippen molar-refractivity contribution in [3.63, 3.8) is 0 Å². The molecule has 0 aliphatic carbocycles. The number of carbonyl (C=O) groups is 1. The van der Waals surface area contributed by atoms with E-state index in [4.69, 9.17) is 4.74 Å². The highest BCUT2D eigenvalue weighted by Crippen LogP contribution is 2.22. The average molecular weight is 380 g/mol. The second kappa shape index (κ2) is 8.15. The summed E-state index contributed by atoms with van der Waals surface area (Å²) in [5, 5.41) is 2.78. The predicted octanol–water partition coefficient (Wildman–Crippen LogP) is 0.373. The molecule has 26 heavy (non-hydrogen) atoms. The molecule has 0 spiro atoms. The molecular weight excluding hydrogens is 356 g/mol. The molecule has 0 aromatic carbocycles. The number of piperidine rings is 1. The third-order valence-corrected chi connectivity index (χ3v) is 6.46. The molecule has 2 saturated heterocycles. The third-order valence-electron chi connectivity index (χ3n) is 4.61. The molecule has 1 N–H and O–H groups in total. The predicted molar refractivity (Wildman–Crippen MR) is 97.4 cm³/mol. The molecule has 0 saturated carbocycles. The van der Waals surface area contributed by atoms with E-state index in [1.165, 1.54) is 16.6 Å². The SMILES string of the molecule is C=CC(=O)N[C@H]1CCCN(S(=O)(=O)c2ccc(N3CCOCC3)nc2)C1. The molecule has 2 fully saturated rings. The Kier molecular flexibility index (Phi) is 5.90. The molecule has 8 nitrogen and oxygen atoms in total. The van der Waals surface area contributed by atoms with Gasteiger partial charge >= 0.3 is 0 Å². The number of anilines is 1. The molecule has 1 aromatic heterocycles. The van der Waals surface area contributed by atoms with Crippen LogP contribution >= 0.6 is 0 Å². The monoisotopic (exact) mass is 380 g/mol. The first-order valence-corrected chi connectivity index (χ1v) is 10.2.